The number of aromatic amines is 1. The molecule has 0 saturated heterocycles. The van der Waals surface area contributed by atoms with Crippen LogP contribution in [0, 0.1) is 0 Å². The zero-order valence-electron chi connectivity index (χ0n) is 19.7. The molecule has 0 aliphatic heterocycles. The number of H-pyrrole nitrogens is 1. The number of aromatic nitrogens is 8. The molecule has 0 saturated carbocycles. The molecule has 0 aromatic carbocycles. The Bertz CT molecular complexity index is 1450. The van der Waals surface area contributed by atoms with E-state index in [1.807, 2.05) is 0 Å². The number of imidazole rings is 2. The van der Waals surface area contributed by atoms with E-state index in [9.17, 15) is 13.8 Å². The number of rotatable bonds is 11. The van der Waals surface area contributed by atoms with Crippen LogP contribution in [0.3, 0.4) is 0 Å². The van der Waals surface area contributed by atoms with E-state index in [-0.39, 0.29) is 49.4 Å². The highest BCUT2D eigenvalue weighted by Crippen LogP contribution is 2.34. The Kier molecular flexibility index (Phi) is 9.75. The number of hydrogen-bond donors (Lipinski definition) is 7. The molecule has 208 valence electrons. The highest BCUT2D eigenvalue weighted by molar-refractivity contribution is 7.51. The summed E-state index contributed by atoms with van der Waals surface area (Å²) >= 11 is 0. The normalized spacial score (nSPS) is 12.7. The van der Waals surface area contributed by atoms with Crippen LogP contribution in [-0.4, -0.2) is 97.5 Å². The number of halogens is 1. The minimum Gasteiger partial charge on any atom is -0.394 e. The van der Waals surface area contributed by atoms with Crippen LogP contribution in [0.15, 0.2) is 23.8 Å². The van der Waals surface area contributed by atoms with E-state index in [0.29, 0.717) is 11.2 Å². The first kappa shape index (κ1) is 29.0. The molecule has 18 nitrogen and oxygen atoms in total. The van der Waals surface area contributed by atoms with Crippen LogP contribution in [0.1, 0.15) is 0 Å². The van der Waals surface area contributed by atoms with E-state index in [1.54, 1.807) is 0 Å². The van der Waals surface area contributed by atoms with Gasteiger partial charge in [0.25, 0.3) is 5.56 Å². The lowest BCUT2D eigenvalue weighted by Gasteiger charge is -2.15. The van der Waals surface area contributed by atoms with E-state index in [4.69, 9.17) is 40.9 Å². The first-order valence-corrected chi connectivity index (χ1v) is 12.5. The summed E-state index contributed by atoms with van der Waals surface area (Å²) in [6, 6.07) is 0. The molecule has 4 aromatic heterocycles. The zero-order chi connectivity index (χ0) is 27.9. The van der Waals surface area contributed by atoms with Gasteiger partial charge in [0.1, 0.15) is 43.8 Å². The maximum Gasteiger partial charge on any atom is 0.350 e. The molecule has 4 aromatic rings. The molecule has 0 aliphatic rings. The second-order valence-corrected chi connectivity index (χ2v) is 9.27. The molecule has 0 amide bonds. The predicted octanol–water partition coefficient (Wildman–Crippen LogP) is -2.07. The van der Waals surface area contributed by atoms with E-state index in [2.05, 4.69) is 29.9 Å². The minimum atomic E-state index is -4.34. The molecule has 0 bridgehead atoms. The van der Waals surface area contributed by atoms with Crippen molar-refractivity contribution in [2.24, 2.45) is 0 Å². The van der Waals surface area contributed by atoms with Crippen LogP contribution in [0.5, 0.6) is 0 Å². The maximum atomic E-state index is 12.8. The van der Waals surface area contributed by atoms with E-state index < -0.39 is 38.4 Å². The van der Waals surface area contributed by atoms with Crippen LogP contribution >= 0.6 is 7.60 Å². The Labute approximate surface area is 212 Å². The van der Waals surface area contributed by atoms with Crippen molar-refractivity contribution in [2.45, 2.75) is 25.5 Å². The van der Waals surface area contributed by atoms with Crippen molar-refractivity contribution in [1.82, 2.24) is 39.0 Å². The number of nitrogens with two attached hydrogens (primary N) is 2. The first-order valence-electron chi connectivity index (χ1n) is 10.7. The number of nitrogens with zero attached hydrogens (tertiary/aromatic N) is 7. The second kappa shape index (κ2) is 12.8. The molecule has 20 heteroatoms. The molecule has 1 unspecified atom stereocenters. The van der Waals surface area contributed by atoms with Crippen LogP contribution in [0.25, 0.3) is 22.3 Å². The molecule has 38 heavy (non-hydrogen) atoms. The Morgan fingerprint density at radius 2 is 1.68 bits per heavy atom. The van der Waals surface area contributed by atoms with Gasteiger partial charge < -0.3 is 45.5 Å². The fraction of sp³-hybridized carbons (Fsp3) is 0.444. The SMILES string of the molecule is Nc1nc2c(ncn2COC(CO)CO)c(=O)[nH]1.Nc1ncnc2c1ncn2CC(CF)OCP(=O)(O)O. The van der Waals surface area contributed by atoms with E-state index in [1.165, 1.54) is 28.1 Å². The number of hydrogen-bond acceptors (Lipinski definition) is 13. The van der Waals surface area contributed by atoms with Crippen molar-refractivity contribution in [3.8, 4) is 0 Å². The van der Waals surface area contributed by atoms with Crippen molar-refractivity contribution >= 4 is 41.7 Å². The van der Waals surface area contributed by atoms with Crippen LogP contribution in [0.4, 0.5) is 16.2 Å². The average Bonchev–Trinajstić information content (AvgIpc) is 3.47. The molecule has 1 atom stereocenters. The predicted molar refractivity (Wildman–Crippen MR) is 129 cm³/mol. The zero-order valence-corrected chi connectivity index (χ0v) is 20.6. The third-order valence-electron chi connectivity index (χ3n) is 4.83. The highest BCUT2D eigenvalue weighted by Gasteiger charge is 2.20. The molecular formula is C18H26FN10O8P. The number of alkyl halides is 1. The van der Waals surface area contributed by atoms with Crippen LogP contribution < -0.4 is 17.0 Å². The summed E-state index contributed by atoms with van der Waals surface area (Å²) in [7, 11) is -4.34. The van der Waals surface area contributed by atoms with E-state index in [0.717, 1.165) is 0 Å². The summed E-state index contributed by atoms with van der Waals surface area (Å²) in [6.45, 7) is -1.51. The van der Waals surface area contributed by atoms with Gasteiger partial charge >= 0.3 is 7.60 Å². The van der Waals surface area contributed by atoms with Crippen molar-refractivity contribution in [3.05, 3.63) is 29.3 Å². The smallest absolute Gasteiger partial charge is 0.350 e. The Hall–Kier alpha value is -3.58. The van der Waals surface area contributed by atoms with Gasteiger partial charge in [-0.05, 0) is 0 Å². The van der Waals surface area contributed by atoms with Crippen molar-refractivity contribution in [2.75, 3.05) is 37.7 Å². The number of fused-ring (bicyclic) bond motifs is 2. The fourth-order valence-corrected chi connectivity index (χ4v) is 3.42. The molecular weight excluding hydrogens is 534 g/mol. The van der Waals surface area contributed by atoms with Gasteiger partial charge in [-0.15, -0.1) is 0 Å². The van der Waals surface area contributed by atoms with Crippen LogP contribution in [0.2, 0.25) is 0 Å². The summed E-state index contributed by atoms with van der Waals surface area (Å²) in [5.74, 6) is 0.178. The van der Waals surface area contributed by atoms with Gasteiger partial charge in [0.05, 0.1) is 32.4 Å². The third-order valence-corrected chi connectivity index (χ3v) is 5.32. The molecule has 0 aliphatic carbocycles. The van der Waals surface area contributed by atoms with Gasteiger partial charge in [-0.1, -0.05) is 0 Å². The Balaban J connectivity index is 0.000000212. The maximum absolute atomic E-state index is 12.8. The Morgan fingerprint density at radius 1 is 1.00 bits per heavy atom. The molecule has 0 spiro atoms. The number of nitrogens with one attached hydrogen (secondary N) is 1. The van der Waals surface area contributed by atoms with Crippen LogP contribution in [-0.2, 0) is 27.3 Å². The largest absolute Gasteiger partial charge is 0.394 e. The molecule has 9 N–H and O–H groups in total. The third kappa shape index (κ3) is 7.48. The lowest BCUT2D eigenvalue weighted by molar-refractivity contribution is -0.0488. The highest BCUT2D eigenvalue weighted by atomic mass is 31.2. The summed E-state index contributed by atoms with van der Waals surface area (Å²) in [6.07, 6.45) is 1.46. The van der Waals surface area contributed by atoms with Crippen molar-refractivity contribution < 1.29 is 38.4 Å². The van der Waals surface area contributed by atoms with Crippen molar-refractivity contribution in [3.63, 3.8) is 0 Å². The Morgan fingerprint density at radius 3 is 2.34 bits per heavy atom. The first-order chi connectivity index (χ1) is 18.1. The summed E-state index contributed by atoms with van der Waals surface area (Å²) in [4.78, 5) is 50.8. The fourth-order valence-electron chi connectivity index (χ4n) is 3.01. The standard InChI is InChI=1S/C9H13FN5O4P.C9H13N5O4/c10-1-6(19-5-20(16,17)18)2-15-4-14-7-8(11)12-3-13-9(7)15;10-9-12-7-6(8(17)13-9)11-3-14(7)4-18-5(1-15)2-16/h3-4,6H,1-2,5H2,(H2,11,12,13)(H2,16,17,18);3,5,15-16H,1-2,4H2,(H3,10,12,13,17). The van der Waals surface area contributed by atoms with Gasteiger partial charge in [-0.2, -0.15) is 4.98 Å². The number of ether oxygens (including phenoxy) is 2. The number of aliphatic hydroxyl groups is 2. The minimum absolute atomic E-state index is 0.00181. The molecule has 4 heterocycles. The van der Waals surface area contributed by atoms with Gasteiger partial charge in [0, 0.05) is 0 Å². The van der Waals surface area contributed by atoms with Gasteiger partial charge in [0.2, 0.25) is 5.95 Å². The number of anilines is 2. The summed E-state index contributed by atoms with van der Waals surface area (Å²) in [5.41, 5.74) is 11.8. The monoisotopic (exact) mass is 560 g/mol. The van der Waals surface area contributed by atoms with Gasteiger partial charge in [0.15, 0.2) is 22.6 Å². The summed E-state index contributed by atoms with van der Waals surface area (Å²) < 4.78 is 36.5. The lowest BCUT2D eigenvalue weighted by atomic mass is 10.4. The van der Waals surface area contributed by atoms with Crippen molar-refractivity contribution in [1.29, 1.82) is 0 Å². The molecule has 0 fully saturated rings. The van der Waals surface area contributed by atoms with Gasteiger partial charge in [-0.3, -0.25) is 18.9 Å². The number of aliphatic hydroxyl groups excluding tert-OH is 2. The second-order valence-electron chi connectivity index (χ2n) is 7.69. The topological polar surface area (TPSA) is 276 Å². The lowest BCUT2D eigenvalue weighted by Crippen LogP contribution is -2.23. The molecule has 0 radical (unpaired) electrons. The summed E-state index contributed by atoms with van der Waals surface area (Å²) in [5, 5.41) is 17.7. The number of nitrogen functional groups attached to an aromatic ring is 2. The molecule has 4 rings (SSSR count). The van der Waals surface area contributed by atoms with E-state index >= 15 is 0 Å². The average molecular weight is 560 g/mol. The quantitative estimate of drug-likeness (QED) is 0.0970. The van der Waals surface area contributed by atoms with Gasteiger partial charge in [-0.25, -0.2) is 24.3 Å².